The molecule has 0 unspecified atom stereocenters. The zero-order valence-corrected chi connectivity index (χ0v) is 18.7. The minimum Gasteiger partial charge on any atom is -0.444 e. The van der Waals surface area contributed by atoms with Crippen LogP contribution in [-0.4, -0.2) is 48.3 Å². The minimum atomic E-state index is -4.85. The number of hydrogen-bond acceptors (Lipinski definition) is 3. The average Bonchev–Trinajstić information content (AvgIpc) is 3.51. The van der Waals surface area contributed by atoms with Gasteiger partial charge in [0.25, 0.3) is 0 Å². The zero-order chi connectivity index (χ0) is 23.2. The van der Waals surface area contributed by atoms with Crippen molar-refractivity contribution >= 4 is 12.0 Å². The van der Waals surface area contributed by atoms with Crippen LogP contribution in [0.3, 0.4) is 0 Å². The number of carbonyl (C=O) groups excluding carboxylic acids is 2. The van der Waals surface area contributed by atoms with Crippen LogP contribution in [0.15, 0.2) is 24.3 Å². The zero-order valence-electron chi connectivity index (χ0n) is 18.7. The molecule has 3 rings (SSSR count). The molecule has 1 saturated carbocycles. The van der Waals surface area contributed by atoms with Gasteiger partial charge in [0, 0.05) is 19.6 Å². The van der Waals surface area contributed by atoms with Gasteiger partial charge in [0.2, 0.25) is 0 Å². The predicted molar refractivity (Wildman–Crippen MR) is 113 cm³/mol. The average molecular weight is 443 g/mol. The van der Waals surface area contributed by atoms with Crippen molar-refractivity contribution in [3.63, 3.8) is 0 Å². The Hall–Kier alpha value is -2.25. The van der Waals surface area contributed by atoms with Crippen LogP contribution in [0.2, 0.25) is 0 Å². The molecule has 0 bridgehead atoms. The number of likely N-dealkylation sites (tertiary alicyclic amines) is 1. The Balaban J connectivity index is 0.000000280. The van der Waals surface area contributed by atoms with Crippen molar-refractivity contribution in [3.05, 3.63) is 35.4 Å². The van der Waals surface area contributed by atoms with Crippen molar-refractivity contribution in [2.24, 2.45) is 5.92 Å². The molecule has 0 radical (unpaired) electrons. The summed E-state index contributed by atoms with van der Waals surface area (Å²) in [4.78, 5) is 24.1. The number of ether oxygens (including phenoxy) is 1. The highest BCUT2D eigenvalue weighted by Crippen LogP contribution is 2.39. The fourth-order valence-electron chi connectivity index (χ4n) is 3.24. The van der Waals surface area contributed by atoms with Crippen LogP contribution in [0.5, 0.6) is 0 Å². The summed E-state index contributed by atoms with van der Waals surface area (Å²) in [5.41, 5.74) is 2.32. The fourth-order valence-corrected chi connectivity index (χ4v) is 3.24. The number of rotatable bonds is 3. The summed E-state index contributed by atoms with van der Waals surface area (Å²) in [6.07, 6.45) is -1.38. The molecule has 1 N–H and O–H groups in total. The number of nitrogens with zero attached hydrogens (tertiary/aromatic N) is 1. The molecular weight excluding hydrogens is 409 g/mol. The third kappa shape index (κ3) is 9.19. The molecule has 0 aromatic heterocycles. The minimum absolute atomic E-state index is 0.0273. The predicted octanol–water partition coefficient (Wildman–Crippen LogP) is 5.18. The Morgan fingerprint density at radius 1 is 1.03 bits per heavy atom. The van der Waals surface area contributed by atoms with Gasteiger partial charge in [-0.15, -0.1) is 0 Å². The largest absolute Gasteiger partial charge is 0.471 e. The van der Waals surface area contributed by atoms with E-state index < -0.39 is 23.8 Å². The topological polar surface area (TPSA) is 58.6 Å². The number of amides is 2. The van der Waals surface area contributed by atoms with Crippen LogP contribution in [-0.2, 0) is 9.53 Å². The number of benzene rings is 1. The van der Waals surface area contributed by atoms with Gasteiger partial charge in [-0.1, -0.05) is 29.8 Å². The standard InChI is InChI=1S/C13H21F3N2O3.C10H12/c1-12(2,3)21-11(20)18-6-4-9(5-7-18)8-17-10(19)13(14,15)16;1-8-2-4-9(5-3-8)10-6-7-10/h9H,4-8H2,1-3H3,(H,17,19);2-5,10H,6-7H2,1H3. The second kappa shape index (κ2) is 10.4. The van der Waals surface area contributed by atoms with Gasteiger partial charge >= 0.3 is 18.2 Å². The van der Waals surface area contributed by atoms with Crippen molar-refractivity contribution in [2.75, 3.05) is 19.6 Å². The second-order valence-corrected chi connectivity index (χ2v) is 9.30. The van der Waals surface area contributed by atoms with E-state index in [0.717, 1.165) is 5.92 Å². The van der Waals surface area contributed by atoms with Gasteiger partial charge in [0.1, 0.15) is 5.60 Å². The van der Waals surface area contributed by atoms with Crippen LogP contribution < -0.4 is 5.32 Å². The Morgan fingerprint density at radius 3 is 2.03 bits per heavy atom. The molecule has 0 spiro atoms. The molecule has 2 amide bonds. The molecule has 1 heterocycles. The molecule has 5 nitrogen and oxygen atoms in total. The van der Waals surface area contributed by atoms with E-state index in [9.17, 15) is 22.8 Å². The normalized spacial score (nSPS) is 17.5. The number of aryl methyl sites for hydroxylation is 1. The number of piperidine rings is 1. The van der Waals surface area contributed by atoms with E-state index in [2.05, 4.69) is 31.2 Å². The summed E-state index contributed by atoms with van der Waals surface area (Å²) in [5, 5.41) is 1.88. The molecule has 1 aromatic carbocycles. The van der Waals surface area contributed by atoms with Crippen molar-refractivity contribution in [1.82, 2.24) is 10.2 Å². The lowest BCUT2D eigenvalue weighted by molar-refractivity contribution is -0.173. The highest BCUT2D eigenvalue weighted by molar-refractivity contribution is 5.81. The highest BCUT2D eigenvalue weighted by atomic mass is 19.4. The second-order valence-electron chi connectivity index (χ2n) is 9.30. The lowest BCUT2D eigenvalue weighted by atomic mass is 9.97. The van der Waals surface area contributed by atoms with Gasteiger partial charge in [-0.3, -0.25) is 4.79 Å². The summed E-state index contributed by atoms with van der Waals surface area (Å²) in [5.74, 6) is -1.08. The summed E-state index contributed by atoms with van der Waals surface area (Å²) in [7, 11) is 0. The van der Waals surface area contributed by atoms with E-state index in [1.54, 1.807) is 20.8 Å². The summed E-state index contributed by atoms with van der Waals surface area (Å²) in [6, 6.07) is 8.92. The maximum atomic E-state index is 12.0. The van der Waals surface area contributed by atoms with Crippen LogP contribution in [0.25, 0.3) is 0 Å². The molecule has 2 aliphatic rings. The number of nitrogens with one attached hydrogen (secondary N) is 1. The lowest BCUT2D eigenvalue weighted by Crippen LogP contribution is -2.45. The first-order valence-corrected chi connectivity index (χ1v) is 10.7. The van der Waals surface area contributed by atoms with Crippen LogP contribution in [0.1, 0.15) is 63.5 Å². The third-order valence-electron chi connectivity index (χ3n) is 5.20. The number of halogens is 3. The van der Waals surface area contributed by atoms with E-state index in [1.165, 1.54) is 28.9 Å². The van der Waals surface area contributed by atoms with Crippen LogP contribution >= 0.6 is 0 Å². The fraction of sp³-hybridized carbons (Fsp3) is 0.652. The quantitative estimate of drug-likeness (QED) is 0.701. The van der Waals surface area contributed by atoms with E-state index >= 15 is 0 Å². The third-order valence-corrected chi connectivity index (χ3v) is 5.20. The van der Waals surface area contributed by atoms with E-state index in [4.69, 9.17) is 4.74 Å². The first-order valence-electron chi connectivity index (χ1n) is 10.7. The summed E-state index contributed by atoms with van der Waals surface area (Å²) >= 11 is 0. The molecule has 1 saturated heterocycles. The number of alkyl halides is 3. The summed E-state index contributed by atoms with van der Waals surface area (Å²) < 4.78 is 41.4. The molecular formula is C23H33F3N2O3. The molecule has 2 fully saturated rings. The Labute approximate surface area is 182 Å². The van der Waals surface area contributed by atoms with Crippen molar-refractivity contribution < 1.29 is 27.5 Å². The Bertz CT molecular complexity index is 730. The van der Waals surface area contributed by atoms with E-state index in [1.807, 2.05) is 5.32 Å². The SMILES string of the molecule is CC(C)(C)OC(=O)N1CCC(CNC(=O)C(F)(F)F)CC1.Cc1ccc(C2CC2)cc1. The van der Waals surface area contributed by atoms with Gasteiger partial charge < -0.3 is 15.0 Å². The Morgan fingerprint density at radius 2 is 1.58 bits per heavy atom. The van der Waals surface area contributed by atoms with E-state index in [-0.39, 0.29) is 12.5 Å². The molecule has 1 aromatic rings. The number of carbonyl (C=O) groups is 2. The van der Waals surface area contributed by atoms with Gasteiger partial charge in [0.05, 0.1) is 0 Å². The lowest BCUT2D eigenvalue weighted by Gasteiger charge is -2.33. The maximum absolute atomic E-state index is 12.0. The first-order chi connectivity index (χ1) is 14.3. The Kier molecular flexibility index (Phi) is 8.37. The number of hydrogen-bond donors (Lipinski definition) is 1. The van der Waals surface area contributed by atoms with Gasteiger partial charge in [0.15, 0.2) is 0 Å². The summed E-state index contributed by atoms with van der Waals surface area (Å²) in [6.45, 7) is 8.25. The van der Waals surface area contributed by atoms with Crippen LogP contribution in [0.4, 0.5) is 18.0 Å². The molecule has 1 aliphatic carbocycles. The smallest absolute Gasteiger partial charge is 0.444 e. The van der Waals surface area contributed by atoms with Crippen molar-refractivity contribution in [1.29, 1.82) is 0 Å². The molecule has 1 aliphatic heterocycles. The highest BCUT2D eigenvalue weighted by Gasteiger charge is 2.38. The molecule has 174 valence electrons. The maximum Gasteiger partial charge on any atom is 0.471 e. The van der Waals surface area contributed by atoms with Gasteiger partial charge in [-0.2, -0.15) is 13.2 Å². The first kappa shape index (κ1) is 25.0. The van der Waals surface area contributed by atoms with Crippen molar-refractivity contribution in [3.8, 4) is 0 Å². The van der Waals surface area contributed by atoms with Gasteiger partial charge in [-0.05, 0) is 70.8 Å². The monoisotopic (exact) mass is 442 g/mol. The van der Waals surface area contributed by atoms with Crippen molar-refractivity contribution in [2.45, 2.75) is 71.1 Å². The van der Waals surface area contributed by atoms with Gasteiger partial charge in [-0.25, -0.2) is 4.79 Å². The van der Waals surface area contributed by atoms with Crippen LogP contribution in [0, 0.1) is 12.8 Å². The molecule has 0 atom stereocenters. The molecule has 31 heavy (non-hydrogen) atoms. The molecule has 8 heteroatoms. The van der Waals surface area contributed by atoms with E-state index in [0.29, 0.717) is 25.9 Å².